The van der Waals surface area contributed by atoms with Gasteiger partial charge in [0, 0.05) is 40.8 Å². The number of hydrogen-bond donors (Lipinski definition) is 0. The van der Waals surface area contributed by atoms with Gasteiger partial charge in [-0.05, 0) is 70.6 Å². The number of aryl methyl sites for hydroxylation is 2. The third kappa shape index (κ3) is 8.82. The molecule has 0 saturated carbocycles. The number of pyridine rings is 2. The first-order valence-electron chi connectivity index (χ1n) is 22.5. The summed E-state index contributed by atoms with van der Waals surface area (Å²) in [5, 5.41) is 1.73. The summed E-state index contributed by atoms with van der Waals surface area (Å²) in [5.41, 5.74) is 8.18. The van der Waals surface area contributed by atoms with Gasteiger partial charge in [0.15, 0.2) is 0 Å². The molecule has 3 aromatic heterocycles. The average molecular weight is 971 g/mol. The van der Waals surface area contributed by atoms with Gasteiger partial charge in [0.25, 0.3) is 0 Å². The van der Waals surface area contributed by atoms with E-state index in [1.807, 2.05) is 43.3 Å². The van der Waals surface area contributed by atoms with Gasteiger partial charge in [-0.2, -0.15) is 36.4 Å². The summed E-state index contributed by atoms with van der Waals surface area (Å²) in [6.45, 7) is 4.17. The van der Waals surface area contributed by atoms with Gasteiger partial charge >= 0.3 is 20.1 Å². The molecule has 3 nitrogen and oxygen atoms in total. The summed E-state index contributed by atoms with van der Waals surface area (Å²) in [6.07, 6.45) is 1.28. The first-order chi connectivity index (χ1) is 30.8. The number of benzene rings is 6. The van der Waals surface area contributed by atoms with Crippen LogP contribution in [0, 0.1) is 37.7 Å². The van der Waals surface area contributed by atoms with Crippen molar-refractivity contribution >= 4 is 35.3 Å². The molecule has 6 aromatic carbocycles. The fraction of sp³-hybridized carbons (Fsp3) is 0.132. The van der Waals surface area contributed by atoms with Crippen LogP contribution in [0.4, 0.5) is 4.39 Å². The fourth-order valence-electron chi connectivity index (χ4n) is 7.16. The van der Waals surface area contributed by atoms with Crippen molar-refractivity contribution in [3.05, 3.63) is 198 Å². The maximum Gasteiger partial charge on any atom is 3.00 e. The summed E-state index contributed by atoms with van der Waals surface area (Å²) < 4.78 is 76.4. The molecule has 9 rings (SSSR count). The Morgan fingerprint density at radius 1 is 0.746 bits per heavy atom. The van der Waals surface area contributed by atoms with Crippen LogP contribution < -0.4 is 5.19 Å². The third-order valence-electron chi connectivity index (χ3n) is 10.2. The molecule has 292 valence electrons. The van der Waals surface area contributed by atoms with Gasteiger partial charge in [0.2, 0.25) is 5.71 Å². The van der Waals surface area contributed by atoms with Crippen LogP contribution in [0.5, 0.6) is 0 Å². The number of halogens is 1. The Morgan fingerprint density at radius 3 is 2.14 bits per heavy atom. The minimum atomic E-state index is -2.45. The van der Waals surface area contributed by atoms with Crippen LogP contribution in [0.25, 0.3) is 66.7 Å². The molecule has 0 saturated heterocycles. The van der Waals surface area contributed by atoms with Crippen molar-refractivity contribution in [2.75, 3.05) is 0 Å². The zero-order valence-corrected chi connectivity index (χ0v) is 36.3. The predicted octanol–water partition coefficient (Wildman–Crippen LogP) is 13.6. The predicted molar refractivity (Wildman–Crippen MR) is 240 cm³/mol. The molecule has 0 aliphatic carbocycles. The van der Waals surface area contributed by atoms with E-state index in [-0.39, 0.29) is 48.0 Å². The topological polar surface area (TPSA) is 38.9 Å². The van der Waals surface area contributed by atoms with Gasteiger partial charge < -0.3 is 9.40 Å². The van der Waals surface area contributed by atoms with E-state index in [0.717, 1.165) is 33.9 Å². The molecule has 0 radical (unpaired) electrons. The summed E-state index contributed by atoms with van der Waals surface area (Å²) in [5.74, 6) is -1.44. The Balaban J connectivity index is 0.000000194. The summed E-state index contributed by atoms with van der Waals surface area (Å²) in [7, 11) is -1.67. The molecule has 59 heavy (non-hydrogen) atoms. The molecule has 6 heteroatoms. The Bertz CT molecular complexity index is 3150. The molecule has 0 bridgehead atoms. The summed E-state index contributed by atoms with van der Waals surface area (Å²) in [4.78, 5) is 8.39. The van der Waals surface area contributed by atoms with Crippen molar-refractivity contribution < 1.29 is 38.5 Å². The van der Waals surface area contributed by atoms with E-state index in [1.165, 1.54) is 29.1 Å². The maximum absolute atomic E-state index is 14.8. The van der Waals surface area contributed by atoms with Crippen molar-refractivity contribution in [1.82, 2.24) is 9.97 Å². The van der Waals surface area contributed by atoms with Crippen molar-refractivity contribution in [3.8, 4) is 44.6 Å². The minimum absolute atomic E-state index is 0. The second-order valence-corrected chi connectivity index (χ2v) is 20.2. The Kier molecular flexibility index (Phi) is 9.87. The van der Waals surface area contributed by atoms with Crippen molar-refractivity contribution in [2.24, 2.45) is 0 Å². The normalized spacial score (nSPS) is 14.5. The summed E-state index contributed by atoms with van der Waals surface area (Å²) in [6, 6.07) is 55.4. The molecule has 0 amide bonds. The van der Waals surface area contributed by atoms with E-state index in [0.29, 0.717) is 27.8 Å². The first-order valence-corrected chi connectivity index (χ1v) is 22.5. The van der Waals surface area contributed by atoms with E-state index >= 15 is 0 Å². The number of nitrogens with zero attached hydrogens (tertiary/aromatic N) is 2. The molecule has 0 spiro atoms. The van der Waals surface area contributed by atoms with Crippen LogP contribution in [0.2, 0.25) is 19.6 Å². The van der Waals surface area contributed by atoms with Crippen LogP contribution in [-0.2, 0) is 20.1 Å². The van der Waals surface area contributed by atoms with Gasteiger partial charge in [-0.1, -0.05) is 129 Å². The van der Waals surface area contributed by atoms with Crippen LogP contribution >= 0.6 is 0 Å². The Morgan fingerprint density at radius 2 is 1.44 bits per heavy atom. The van der Waals surface area contributed by atoms with E-state index in [2.05, 4.69) is 108 Å². The van der Waals surface area contributed by atoms with Crippen molar-refractivity contribution in [1.29, 1.82) is 0 Å². The van der Waals surface area contributed by atoms with E-state index in [4.69, 9.17) is 12.6 Å². The average Bonchev–Trinajstić information content (AvgIpc) is 3.69. The van der Waals surface area contributed by atoms with Gasteiger partial charge in [-0.3, -0.25) is 4.39 Å². The van der Waals surface area contributed by atoms with Gasteiger partial charge in [-0.25, -0.2) is 16.1 Å². The molecule has 0 aliphatic rings. The van der Waals surface area contributed by atoms with Crippen LogP contribution in [-0.4, -0.2) is 18.0 Å². The molecule has 0 aliphatic heterocycles. The van der Waals surface area contributed by atoms with E-state index in [1.54, 1.807) is 30.3 Å². The standard InChI is InChI=1S/C29H28Si.C24H16FN2O.Ir/c1-22(23-12-7-5-8-13-23)28-21-27(18-19-29(28)30(2,3)4)26-17-11-16-25(20-26)24-14-9-6-10-15-24;1-14-13-26-21(12-19(14)16-6-4-3-5-7-16)17-10-11-20(25)22-18-9-8-15(2)27-24(18)28-23(17)22;/h5-16,19-22H,1-4H3;3-9,11-13H,1-2H3;/q-2;-1;+3/i22D;1D3,2D3;. The monoisotopic (exact) mass is 971 g/mol. The van der Waals surface area contributed by atoms with Crippen LogP contribution in [0.15, 0.2) is 156 Å². The molecular formula is C53H44FIrN2OSi. The molecule has 1 atom stereocenters. The van der Waals surface area contributed by atoms with E-state index < -0.39 is 33.5 Å². The molecular weight excluding hydrogens is 920 g/mol. The minimum Gasteiger partial charge on any atom is -0.486 e. The van der Waals surface area contributed by atoms with Crippen molar-refractivity contribution in [2.45, 2.75) is 46.2 Å². The Hall–Kier alpha value is -5.78. The van der Waals surface area contributed by atoms with E-state index in [9.17, 15) is 5.76 Å². The first kappa shape index (κ1) is 33.1. The van der Waals surface area contributed by atoms with Gasteiger partial charge in [0.1, 0.15) is 0 Å². The largest absolute Gasteiger partial charge is 3.00 e. The second-order valence-electron chi connectivity index (χ2n) is 15.1. The molecule has 1 unspecified atom stereocenters. The van der Waals surface area contributed by atoms with Crippen molar-refractivity contribution in [3.63, 3.8) is 0 Å². The second kappa shape index (κ2) is 17.6. The van der Waals surface area contributed by atoms with Crippen LogP contribution in [0.1, 0.15) is 44.8 Å². The molecule has 0 fully saturated rings. The van der Waals surface area contributed by atoms with Gasteiger partial charge in [0.05, 0.1) is 5.58 Å². The molecule has 0 N–H and O–H groups in total. The molecule has 9 aromatic rings. The molecule has 3 heterocycles. The van der Waals surface area contributed by atoms with Crippen LogP contribution in [0.3, 0.4) is 0 Å². The number of furan rings is 1. The quantitative estimate of drug-likeness (QED) is 0.118. The Labute approximate surface area is 371 Å². The smallest absolute Gasteiger partial charge is 0.486 e. The zero-order chi connectivity index (χ0) is 46.3. The number of fused-ring (bicyclic) bond motifs is 3. The van der Waals surface area contributed by atoms with Gasteiger partial charge in [-0.15, -0.1) is 34.5 Å². The zero-order valence-electron chi connectivity index (χ0n) is 39.9. The number of rotatable bonds is 7. The fourth-order valence-corrected chi connectivity index (χ4v) is 8.73. The SMILES string of the molecule is [2H]C(C)(c1ccccc1)c1cc(-c2[c-]ccc(-c3ccccc3)c2)[c-]cc1[Si](C)(C)C.[2H]C([2H])([2H])c1ccc2c(n1)oc1c(-c3cc(-c4ccccc4)c(C([2H])([2H])[2H])cn3)[c-]cc(F)c12.[Ir+3]. The number of aromatic nitrogens is 2. The summed E-state index contributed by atoms with van der Waals surface area (Å²) >= 11 is 0. The number of hydrogen-bond acceptors (Lipinski definition) is 3. The third-order valence-corrected chi connectivity index (χ3v) is 12.2. The maximum atomic E-state index is 14.8.